The van der Waals surface area contributed by atoms with Crippen molar-refractivity contribution in [2.45, 2.75) is 6.92 Å². The Balaban J connectivity index is 2.16. The second kappa shape index (κ2) is 6.61. The molecule has 116 valence electrons. The molecule has 1 aromatic carbocycles. The Morgan fingerprint density at radius 3 is 2.59 bits per heavy atom. The number of nitrogens with zero attached hydrogens (tertiary/aromatic N) is 3. The fourth-order valence-electron chi connectivity index (χ4n) is 1.74. The van der Waals surface area contributed by atoms with Crippen LogP contribution in [0, 0.1) is 6.92 Å². The first-order valence-electron chi connectivity index (χ1n) is 6.48. The van der Waals surface area contributed by atoms with Crippen molar-refractivity contribution in [3.63, 3.8) is 0 Å². The molecule has 0 fully saturated rings. The molecule has 0 unspecified atom stereocenters. The van der Waals surface area contributed by atoms with Crippen molar-refractivity contribution in [3.8, 4) is 5.69 Å². The fraction of sp³-hybridized carbons (Fsp3) is 0.214. The van der Waals surface area contributed by atoms with Gasteiger partial charge in [-0.15, -0.1) is 0 Å². The van der Waals surface area contributed by atoms with Crippen LogP contribution < -0.4 is 10.9 Å². The number of hydrogen-bond acceptors (Lipinski definition) is 3. The molecule has 0 aliphatic heterocycles. The van der Waals surface area contributed by atoms with Crippen molar-refractivity contribution >= 4 is 27.9 Å². The molecule has 0 aliphatic rings. The molecular weight excluding hydrogens is 350 g/mol. The van der Waals surface area contributed by atoms with E-state index in [1.165, 1.54) is 4.90 Å². The molecule has 0 saturated carbocycles. The highest BCUT2D eigenvalue weighted by atomic mass is 79.9. The number of carbonyl (C=O) groups excluding carboxylic acids is 2. The number of aromatic nitrogens is 2. The summed E-state index contributed by atoms with van der Waals surface area (Å²) >= 11 is 3.40. The summed E-state index contributed by atoms with van der Waals surface area (Å²) in [5, 5.41) is 4.26. The third kappa shape index (κ3) is 3.64. The Morgan fingerprint density at radius 1 is 1.23 bits per heavy atom. The first-order valence-corrected chi connectivity index (χ1v) is 7.28. The number of aryl methyl sites for hydroxylation is 1. The highest BCUT2D eigenvalue weighted by molar-refractivity contribution is 9.10. The number of hydrogen-bond donors (Lipinski definition) is 2. The summed E-state index contributed by atoms with van der Waals surface area (Å²) in [7, 11) is 3.15. The maximum Gasteiger partial charge on any atom is 0.335 e. The maximum atomic E-state index is 12.0. The van der Waals surface area contributed by atoms with Gasteiger partial charge in [0.05, 0.1) is 5.69 Å². The number of benzene rings is 1. The van der Waals surface area contributed by atoms with E-state index in [1.54, 1.807) is 24.8 Å². The minimum absolute atomic E-state index is 0.219. The molecule has 1 heterocycles. The lowest BCUT2D eigenvalue weighted by molar-refractivity contribution is 0.0927. The standard InChI is InChI=1S/C14H16BrN5O2/c1-9-7-12(13(21)16-17-14(22)19(2)3)18-20(9)11-6-4-5-10(15)8-11/h4-8H,1-3H3,(H,16,21)(H,17,22). The van der Waals surface area contributed by atoms with Crippen LogP contribution in [0.2, 0.25) is 0 Å². The van der Waals surface area contributed by atoms with Gasteiger partial charge in [-0.25, -0.2) is 14.9 Å². The molecule has 2 aromatic rings. The zero-order valence-electron chi connectivity index (χ0n) is 12.4. The van der Waals surface area contributed by atoms with Crippen LogP contribution in [-0.2, 0) is 0 Å². The van der Waals surface area contributed by atoms with Crippen molar-refractivity contribution in [2.24, 2.45) is 0 Å². The third-order valence-corrected chi connectivity index (χ3v) is 3.36. The highest BCUT2D eigenvalue weighted by Crippen LogP contribution is 2.17. The van der Waals surface area contributed by atoms with Crippen LogP contribution in [0.3, 0.4) is 0 Å². The van der Waals surface area contributed by atoms with Gasteiger partial charge in [0.1, 0.15) is 0 Å². The zero-order chi connectivity index (χ0) is 16.3. The molecule has 8 heteroatoms. The number of urea groups is 1. The quantitative estimate of drug-likeness (QED) is 0.797. The van der Waals surface area contributed by atoms with E-state index in [1.807, 2.05) is 31.2 Å². The molecular formula is C14H16BrN5O2. The molecule has 0 saturated heterocycles. The predicted molar refractivity (Wildman–Crippen MR) is 85.7 cm³/mol. The maximum absolute atomic E-state index is 12.0. The monoisotopic (exact) mass is 365 g/mol. The number of hydrazine groups is 1. The SMILES string of the molecule is Cc1cc(C(=O)NNC(=O)N(C)C)nn1-c1cccc(Br)c1. The Labute approximate surface area is 136 Å². The molecule has 0 radical (unpaired) electrons. The summed E-state index contributed by atoms with van der Waals surface area (Å²) in [5.41, 5.74) is 6.47. The van der Waals surface area contributed by atoms with Gasteiger partial charge in [0.15, 0.2) is 5.69 Å². The number of halogens is 1. The molecule has 7 nitrogen and oxygen atoms in total. The van der Waals surface area contributed by atoms with Crippen molar-refractivity contribution in [3.05, 3.63) is 46.2 Å². The van der Waals surface area contributed by atoms with E-state index in [2.05, 4.69) is 31.9 Å². The van der Waals surface area contributed by atoms with Gasteiger partial charge >= 0.3 is 6.03 Å². The van der Waals surface area contributed by atoms with Gasteiger partial charge in [0.2, 0.25) is 0 Å². The van der Waals surface area contributed by atoms with Gasteiger partial charge in [-0.3, -0.25) is 10.2 Å². The first-order chi connectivity index (χ1) is 10.4. The fourth-order valence-corrected chi connectivity index (χ4v) is 2.13. The summed E-state index contributed by atoms with van der Waals surface area (Å²) in [5.74, 6) is -0.480. The van der Waals surface area contributed by atoms with Crippen LogP contribution in [0.5, 0.6) is 0 Å². The lowest BCUT2D eigenvalue weighted by Crippen LogP contribution is -2.46. The molecule has 2 N–H and O–H groups in total. The molecule has 2 rings (SSSR count). The van der Waals surface area contributed by atoms with E-state index in [9.17, 15) is 9.59 Å². The van der Waals surface area contributed by atoms with E-state index >= 15 is 0 Å². The topological polar surface area (TPSA) is 79.3 Å². The van der Waals surface area contributed by atoms with Gasteiger partial charge < -0.3 is 4.90 Å². The summed E-state index contributed by atoms with van der Waals surface area (Å²) in [6.07, 6.45) is 0. The molecule has 3 amide bonds. The van der Waals surface area contributed by atoms with Crippen molar-refractivity contribution in [2.75, 3.05) is 14.1 Å². The minimum atomic E-state index is -0.480. The Morgan fingerprint density at radius 2 is 1.95 bits per heavy atom. The lowest BCUT2D eigenvalue weighted by atomic mass is 10.3. The van der Waals surface area contributed by atoms with Gasteiger partial charge in [0.25, 0.3) is 5.91 Å². The molecule has 0 bridgehead atoms. The summed E-state index contributed by atoms with van der Waals surface area (Å²) in [6.45, 7) is 1.85. The normalized spacial score (nSPS) is 10.2. The summed E-state index contributed by atoms with van der Waals surface area (Å²) in [6, 6.07) is 8.81. The zero-order valence-corrected chi connectivity index (χ0v) is 14.0. The average molecular weight is 366 g/mol. The number of nitrogens with one attached hydrogen (secondary N) is 2. The van der Waals surface area contributed by atoms with Gasteiger partial charge in [-0.05, 0) is 31.2 Å². The second-order valence-corrected chi connectivity index (χ2v) is 5.76. The Bertz CT molecular complexity index is 711. The van der Waals surface area contributed by atoms with Crippen LogP contribution >= 0.6 is 15.9 Å². The number of carbonyl (C=O) groups is 2. The number of rotatable bonds is 2. The van der Waals surface area contributed by atoms with Crippen LogP contribution in [0.4, 0.5) is 4.79 Å². The number of amides is 3. The first kappa shape index (κ1) is 16.0. The molecule has 0 aliphatic carbocycles. The van der Waals surface area contributed by atoms with E-state index in [-0.39, 0.29) is 5.69 Å². The predicted octanol–water partition coefficient (Wildman–Crippen LogP) is 1.86. The smallest absolute Gasteiger partial charge is 0.330 e. The van der Waals surface area contributed by atoms with Crippen molar-refractivity contribution in [1.82, 2.24) is 25.5 Å². The van der Waals surface area contributed by atoms with Crippen molar-refractivity contribution in [1.29, 1.82) is 0 Å². The Hall–Kier alpha value is -2.35. The largest absolute Gasteiger partial charge is 0.335 e. The van der Waals surface area contributed by atoms with Crippen LogP contribution in [-0.4, -0.2) is 40.7 Å². The van der Waals surface area contributed by atoms with Gasteiger partial charge in [0, 0.05) is 24.3 Å². The average Bonchev–Trinajstić information content (AvgIpc) is 2.86. The van der Waals surface area contributed by atoms with Crippen LogP contribution in [0.25, 0.3) is 5.69 Å². The minimum Gasteiger partial charge on any atom is -0.330 e. The highest BCUT2D eigenvalue weighted by Gasteiger charge is 2.14. The molecule has 0 atom stereocenters. The second-order valence-electron chi connectivity index (χ2n) is 4.84. The third-order valence-electron chi connectivity index (χ3n) is 2.86. The lowest BCUT2D eigenvalue weighted by Gasteiger charge is -2.11. The summed E-state index contributed by atoms with van der Waals surface area (Å²) in [4.78, 5) is 24.7. The van der Waals surface area contributed by atoms with Gasteiger partial charge in [-0.1, -0.05) is 22.0 Å². The Kier molecular flexibility index (Phi) is 4.81. The summed E-state index contributed by atoms with van der Waals surface area (Å²) < 4.78 is 2.58. The molecule has 22 heavy (non-hydrogen) atoms. The van der Waals surface area contributed by atoms with Crippen LogP contribution in [0.15, 0.2) is 34.8 Å². The molecule has 0 spiro atoms. The molecule has 1 aromatic heterocycles. The van der Waals surface area contributed by atoms with E-state index < -0.39 is 11.9 Å². The van der Waals surface area contributed by atoms with Crippen molar-refractivity contribution < 1.29 is 9.59 Å². The van der Waals surface area contributed by atoms with E-state index in [0.29, 0.717) is 0 Å². The van der Waals surface area contributed by atoms with Gasteiger partial charge in [-0.2, -0.15) is 5.10 Å². The van der Waals surface area contributed by atoms with Crippen LogP contribution in [0.1, 0.15) is 16.2 Å². The van der Waals surface area contributed by atoms with E-state index in [0.717, 1.165) is 15.9 Å². The van der Waals surface area contributed by atoms with E-state index in [4.69, 9.17) is 0 Å².